The summed E-state index contributed by atoms with van der Waals surface area (Å²) >= 11 is 0. The first-order chi connectivity index (χ1) is 10.9. The van der Waals surface area contributed by atoms with Gasteiger partial charge in [-0.3, -0.25) is 0 Å². The first-order valence-corrected chi connectivity index (χ1v) is 11.0. The standard InChI is InChI=1S/C18H38O4S.Na/c1-3-5-7-9-11-15-18(23(20,21)22)16-12-14-17(19)13-10-8-6-4-2;/h17-19H,3-16H2,1-2H3,(H,20,21,22);/q;+1/p-1. The van der Waals surface area contributed by atoms with Crippen molar-refractivity contribution in [1.29, 1.82) is 0 Å². The molecule has 0 bridgehead atoms. The van der Waals surface area contributed by atoms with Gasteiger partial charge in [0, 0.05) is 5.25 Å². The number of aliphatic hydroxyl groups is 1. The Morgan fingerprint density at radius 2 is 1.17 bits per heavy atom. The Labute approximate surface area is 172 Å². The van der Waals surface area contributed by atoms with Crippen LogP contribution in [0.4, 0.5) is 0 Å². The molecule has 0 amide bonds. The van der Waals surface area contributed by atoms with E-state index in [9.17, 15) is 18.1 Å². The van der Waals surface area contributed by atoms with Gasteiger partial charge in [0.1, 0.15) is 0 Å². The first kappa shape index (κ1) is 27.1. The van der Waals surface area contributed by atoms with E-state index in [0.29, 0.717) is 25.7 Å². The van der Waals surface area contributed by atoms with Crippen LogP contribution in [0.5, 0.6) is 0 Å². The van der Waals surface area contributed by atoms with Gasteiger partial charge >= 0.3 is 29.6 Å². The molecule has 6 heteroatoms. The molecule has 0 aromatic heterocycles. The molecule has 4 nitrogen and oxygen atoms in total. The Kier molecular flexibility index (Phi) is 19.5. The van der Waals surface area contributed by atoms with E-state index < -0.39 is 15.4 Å². The van der Waals surface area contributed by atoms with Gasteiger partial charge in [0.15, 0.2) is 0 Å². The second kappa shape index (κ2) is 17.3. The zero-order chi connectivity index (χ0) is 17.6. The van der Waals surface area contributed by atoms with Gasteiger partial charge in [0.25, 0.3) is 0 Å². The van der Waals surface area contributed by atoms with E-state index in [1.165, 1.54) is 19.3 Å². The van der Waals surface area contributed by atoms with E-state index >= 15 is 0 Å². The maximum atomic E-state index is 11.4. The van der Waals surface area contributed by atoms with Crippen molar-refractivity contribution in [2.45, 2.75) is 115 Å². The molecule has 24 heavy (non-hydrogen) atoms. The summed E-state index contributed by atoms with van der Waals surface area (Å²) < 4.78 is 34.1. The van der Waals surface area contributed by atoms with Crippen molar-refractivity contribution < 1.29 is 47.6 Å². The van der Waals surface area contributed by atoms with Crippen LogP contribution in [-0.2, 0) is 10.1 Å². The molecule has 0 aromatic carbocycles. The summed E-state index contributed by atoms with van der Waals surface area (Å²) in [6, 6.07) is 0. The molecule has 0 saturated carbocycles. The van der Waals surface area contributed by atoms with Crippen molar-refractivity contribution in [2.24, 2.45) is 0 Å². The molecule has 0 rings (SSSR count). The predicted molar refractivity (Wildman–Crippen MR) is 95.5 cm³/mol. The van der Waals surface area contributed by atoms with Gasteiger partial charge in [-0.1, -0.05) is 71.6 Å². The summed E-state index contributed by atoms with van der Waals surface area (Å²) in [7, 11) is -4.21. The van der Waals surface area contributed by atoms with Crippen molar-refractivity contribution in [2.75, 3.05) is 0 Å². The molecule has 0 aliphatic rings. The summed E-state index contributed by atoms with van der Waals surface area (Å²) in [6.45, 7) is 4.29. The van der Waals surface area contributed by atoms with Crippen LogP contribution in [-0.4, -0.2) is 29.4 Å². The van der Waals surface area contributed by atoms with Crippen LogP contribution in [0, 0.1) is 0 Å². The molecule has 1 N–H and O–H groups in total. The number of hydrogen-bond acceptors (Lipinski definition) is 4. The molecule has 0 radical (unpaired) electrons. The van der Waals surface area contributed by atoms with E-state index in [0.717, 1.165) is 44.9 Å². The molecule has 0 aromatic rings. The third-order valence-corrected chi connectivity index (χ3v) is 5.78. The Morgan fingerprint density at radius 1 is 0.750 bits per heavy atom. The van der Waals surface area contributed by atoms with Gasteiger partial charge < -0.3 is 9.66 Å². The van der Waals surface area contributed by atoms with Gasteiger partial charge in [-0.2, -0.15) is 0 Å². The Balaban J connectivity index is 0. The summed E-state index contributed by atoms with van der Waals surface area (Å²) in [5.74, 6) is 0. The predicted octanol–water partition coefficient (Wildman–Crippen LogP) is 1.77. The minimum absolute atomic E-state index is 0. The summed E-state index contributed by atoms with van der Waals surface area (Å²) in [5, 5.41) is 9.14. The van der Waals surface area contributed by atoms with Gasteiger partial charge in [0.05, 0.1) is 16.2 Å². The second-order valence-corrected chi connectivity index (χ2v) is 8.40. The third-order valence-electron chi connectivity index (χ3n) is 4.49. The Hall–Kier alpha value is 0.870. The van der Waals surface area contributed by atoms with E-state index in [1.807, 2.05) is 0 Å². The molecule has 0 aliphatic carbocycles. The van der Waals surface area contributed by atoms with Crippen molar-refractivity contribution in [3.05, 3.63) is 0 Å². The van der Waals surface area contributed by atoms with E-state index in [-0.39, 0.29) is 35.7 Å². The molecule has 2 atom stereocenters. The molecule has 2 unspecified atom stereocenters. The minimum Gasteiger partial charge on any atom is -0.748 e. The average molecular weight is 373 g/mol. The quantitative estimate of drug-likeness (QED) is 0.254. The van der Waals surface area contributed by atoms with Gasteiger partial charge in [-0.25, -0.2) is 8.42 Å². The summed E-state index contributed by atoms with van der Waals surface area (Å²) in [5.41, 5.74) is 0. The minimum atomic E-state index is -4.21. The Morgan fingerprint density at radius 3 is 1.71 bits per heavy atom. The Bertz CT molecular complexity index is 360. The van der Waals surface area contributed by atoms with Crippen LogP contribution < -0.4 is 29.6 Å². The maximum absolute atomic E-state index is 11.4. The first-order valence-electron chi connectivity index (χ1n) is 9.54. The van der Waals surface area contributed by atoms with Crippen LogP contribution in [0.3, 0.4) is 0 Å². The van der Waals surface area contributed by atoms with Crippen molar-refractivity contribution in [3.8, 4) is 0 Å². The average Bonchev–Trinajstić information content (AvgIpc) is 2.48. The second-order valence-electron chi connectivity index (χ2n) is 6.75. The normalized spacial score (nSPS) is 14.2. The monoisotopic (exact) mass is 372 g/mol. The molecule has 0 spiro atoms. The van der Waals surface area contributed by atoms with E-state index in [1.54, 1.807) is 0 Å². The number of hydrogen-bond donors (Lipinski definition) is 1. The zero-order valence-corrected chi connectivity index (χ0v) is 19.0. The summed E-state index contributed by atoms with van der Waals surface area (Å²) in [4.78, 5) is 0. The fourth-order valence-corrected chi connectivity index (χ4v) is 3.85. The SMILES string of the molecule is CCCCCCCC(CCCC(O)CCCCCC)S(=O)(=O)[O-].[Na+]. The summed E-state index contributed by atoms with van der Waals surface area (Å²) in [6.07, 6.45) is 12.3. The fourth-order valence-electron chi connectivity index (χ4n) is 2.94. The molecule has 0 heterocycles. The molecule has 140 valence electrons. The van der Waals surface area contributed by atoms with Crippen LogP contribution in [0.2, 0.25) is 0 Å². The van der Waals surface area contributed by atoms with Crippen LogP contribution >= 0.6 is 0 Å². The van der Waals surface area contributed by atoms with Crippen LogP contribution in [0.15, 0.2) is 0 Å². The van der Waals surface area contributed by atoms with E-state index in [4.69, 9.17) is 0 Å². The topological polar surface area (TPSA) is 77.4 Å². The van der Waals surface area contributed by atoms with Crippen molar-refractivity contribution in [3.63, 3.8) is 0 Å². The van der Waals surface area contributed by atoms with Gasteiger partial charge in [-0.05, 0) is 32.1 Å². The smallest absolute Gasteiger partial charge is 0.748 e. The molecular formula is C18H37NaO4S. The van der Waals surface area contributed by atoms with Gasteiger partial charge in [-0.15, -0.1) is 0 Å². The number of aliphatic hydroxyl groups excluding tert-OH is 1. The fraction of sp³-hybridized carbons (Fsp3) is 1.00. The van der Waals surface area contributed by atoms with Crippen molar-refractivity contribution in [1.82, 2.24) is 0 Å². The number of rotatable bonds is 16. The van der Waals surface area contributed by atoms with E-state index in [2.05, 4.69) is 13.8 Å². The molecular weight excluding hydrogens is 335 g/mol. The van der Waals surface area contributed by atoms with Crippen LogP contribution in [0.1, 0.15) is 104 Å². The number of unbranched alkanes of at least 4 members (excludes halogenated alkanes) is 7. The molecule has 0 aliphatic heterocycles. The van der Waals surface area contributed by atoms with Crippen LogP contribution in [0.25, 0.3) is 0 Å². The third kappa shape index (κ3) is 16.3. The zero-order valence-electron chi connectivity index (χ0n) is 16.1. The van der Waals surface area contributed by atoms with Crippen molar-refractivity contribution >= 4 is 10.1 Å². The molecule has 0 saturated heterocycles. The largest absolute Gasteiger partial charge is 1.00 e. The van der Waals surface area contributed by atoms with Gasteiger partial charge in [0.2, 0.25) is 0 Å². The maximum Gasteiger partial charge on any atom is 1.00 e. The molecule has 0 fully saturated rings.